The van der Waals surface area contributed by atoms with E-state index < -0.39 is 0 Å². The minimum atomic E-state index is 0.327. The Hall–Kier alpha value is -3.81. The second-order valence-corrected chi connectivity index (χ2v) is 8.81. The number of hydrogen-bond donors (Lipinski definition) is 0. The molecule has 2 aromatic carbocycles. The SMILES string of the molecule is CCc1cnc(N2CCC(n3nnc4cc(-c5ccc(C6=NCCO6)cc5)ccc43)CC2)nc1. The summed E-state index contributed by atoms with van der Waals surface area (Å²) in [4.78, 5) is 15.7. The molecule has 8 nitrogen and oxygen atoms in total. The third-order valence-electron chi connectivity index (χ3n) is 6.71. The van der Waals surface area contributed by atoms with Crippen LogP contribution in [0.4, 0.5) is 5.95 Å². The molecule has 34 heavy (non-hydrogen) atoms. The van der Waals surface area contributed by atoms with Gasteiger partial charge in [-0.3, -0.25) is 0 Å². The molecule has 0 saturated carbocycles. The highest BCUT2D eigenvalue weighted by Crippen LogP contribution is 2.29. The number of benzene rings is 2. The summed E-state index contributed by atoms with van der Waals surface area (Å²) in [6.45, 7) is 5.35. The van der Waals surface area contributed by atoms with Gasteiger partial charge in [-0.25, -0.2) is 19.6 Å². The lowest BCUT2D eigenvalue weighted by Gasteiger charge is -2.32. The van der Waals surface area contributed by atoms with Gasteiger partial charge in [0.15, 0.2) is 0 Å². The summed E-state index contributed by atoms with van der Waals surface area (Å²) in [7, 11) is 0. The quantitative estimate of drug-likeness (QED) is 0.453. The Bertz CT molecular complexity index is 1320. The van der Waals surface area contributed by atoms with Gasteiger partial charge in [-0.05, 0) is 60.2 Å². The molecule has 0 N–H and O–H groups in total. The zero-order valence-corrected chi connectivity index (χ0v) is 19.3. The van der Waals surface area contributed by atoms with E-state index in [4.69, 9.17) is 4.74 Å². The van der Waals surface area contributed by atoms with Gasteiger partial charge in [0.05, 0.1) is 18.1 Å². The highest BCUT2D eigenvalue weighted by molar-refractivity contribution is 5.95. The Morgan fingerprint density at radius 1 is 0.941 bits per heavy atom. The first-order chi connectivity index (χ1) is 16.8. The molecule has 2 aliphatic heterocycles. The first-order valence-electron chi connectivity index (χ1n) is 12.0. The molecule has 4 aromatic rings. The Morgan fingerprint density at radius 3 is 2.38 bits per heavy atom. The number of hydrogen-bond acceptors (Lipinski definition) is 7. The van der Waals surface area contributed by atoms with Crippen molar-refractivity contribution >= 4 is 22.9 Å². The average molecular weight is 454 g/mol. The monoisotopic (exact) mass is 453 g/mol. The molecule has 6 rings (SSSR count). The minimum absolute atomic E-state index is 0.327. The average Bonchev–Trinajstić information content (AvgIpc) is 3.59. The standard InChI is InChI=1S/C26H27N7O/c1-2-18-16-28-26(29-17-18)32-12-9-22(10-13-32)33-24-8-7-21(15-23(24)30-31-33)19-3-5-20(6-4-19)25-27-11-14-34-25/h3-8,15-17,22H,2,9-14H2,1H3. The second-order valence-electron chi connectivity index (χ2n) is 8.81. The number of fused-ring (bicyclic) bond motifs is 1. The van der Waals surface area contributed by atoms with Crippen molar-refractivity contribution in [3.63, 3.8) is 0 Å². The predicted molar refractivity (Wildman–Crippen MR) is 132 cm³/mol. The first-order valence-corrected chi connectivity index (χ1v) is 12.0. The fourth-order valence-electron chi connectivity index (χ4n) is 4.71. The van der Waals surface area contributed by atoms with Gasteiger partial charge in [0.25, 0.3) is 0 Å². The molecule has 4 heterocycles. The maximum absolute atomic E-state index is 5.56. The summed E-state index contributed by atoms with van der Waals surface area (Å²) < 4.78 is 7.66. The van der Waals surface area contributed by atoms with Crippen molar-refractivity contribution in [1.29, 1.82) is 0 Å². The molecule has 0 unspecified atom stereocenters. The molecule has 0 aliphatic carbocycles. The van der Waals surface area contributed by atoms with E-state index in [0.29, 0.717) is 12.6 Å². The van der Waals surface area contributed by atoms with Crippen molar-refractivity contribution < 1.29 is 4.74 Å². The molecule has 0 radical (unpaired) electrons. The van der Waals surface area contributed by atoms with Crippen LogP contribution in [0.2, 0.25) is 0 Å². The van der Waals surface area contributed by atoms with E-state index in [0.717, 1.165) is 78.5 Å². The van der Waals surface area contributed by atoms with Crippen LogP contribution >= 0.6 is 0 Å². The number of ether oxygens (including phenoxy) is 1. The van der Waals surface area contributed by atoms with Gasteiger partial charge in [0.1, 0.15) is 12.1 Å². The number of aliphatic imine (C=N–C) groups is 1. The fourth-order valence-corrected chi connectivity index (χ4v) is 4.71. The zero-order valence-electron chi connectivity index (χ0n) is 19.3. The largest absolute Gasteiger partial charge is 0.476 e. The molecule has 0 amide bonds. The van der Waals surface area contributed by atoms with Crippen LogP contribution in [0.15, 0.2) is 59.9 Å². The Morgan fingerprint density at radius 2 is 1.68 bits per heavy atom. The molecule has 0 spiro atoms. The van der Waals surface area contributed by atoms with Gasteiger partial charge in [-0.1, -0.05) is 30.3 Å². The summed E-state index contributed by atoms with van der Waals surface area (Å²) in [5.74, 6) is 1.56. The lowest BCUT2D eigenvalue weighted by atomic mass is 10.0. The van der Waals surface area contributed by atoms with Gasteiger partial charge in [-0.2, -0.15) is 0 Å². The minimum Gasteiger partial charge on any atom is -0.476 e. The number of piperidine rings is 1. The van der Waals surface area contributed by atoms with E-state index >= 15 is 0 Å². The Labute approximate surface area is 198 Å². The maximum atomic E-state index is 5.56. The van der Waals surface area contributed by atoms with Crippen molar-refractivity contribution in [2.24, 2.45) is 4.99 Å². The molecule has 0 bridgehead atoms. The number of nitrogens with zero attached hydrogens (tertiary/aromatic N) is 7. The fraction of sp³-hybridized carbons (Fsp3) is 0.346. The molecule has 1 saturated heterocycles. The number of aryl methyl sites for hydroxylation is 1. The van der Waals surface area contributed by atoms with E-state index in [1.165, 1.54) is 5.56 Å². The topological polar surface area (TPSA) is 81.3 Å². The van der Waals surface area contributed by atoms with Gasteiger partial charge < -0.3 is 9.64 Å². The van der Waals surface area contributed by atoms with E-state index in [9.17, 15) is 0 Å². The van der Waals surface area contributed by atoms with Crippen LogP contribution in [0.25, 0.3) is 22.2 Å². The lowest BCUT2D eigenvalue weighted by molar-refractivity contribution is 0.348. The van der Waals surface area contributed by atoms with Crippen molar-refractivity contribution in [2.45, 2.75) is 32.2 Å². The lowest BCUT2D eigenvalue weighted by Crippen LogP contribution is -2.36. The zero-order chi connectivity index (χ0) is 22.9. The Balaban J connectivity index is 1.17. The summed E-state index contributed by atoms with van der Waals surface area (Å²) in [6, 6.07) is 15.1. The number of aromatic nitrogens is 5. The third-order valence-corrected chi connectivity index (χ3v) is 6.71. The van der Waals surface area contributed by atoms with E-state index in [1.807, 2.05) is 12.4 Å². The highest BCUT2D eigenvalue weighted by atomic mass is 16.5. The van der Waals surface area contributed by atoms with E-state index in [-0.39, 0.29) is 0 Å². The third kappa shape index (κ3) is 3.89. The van der Waals surface area contributed by atoms with Crippen LogP contribution in [0.1, 0.15) is 36.9 Å². The number of rotatable bonds is 5. The van der Waals surface area contributed by atoms with Crippen molar-refractivity contribution in [1.82, 2.24) is 25.0 Å². The van der Waals surface area contributed by atoms with Crippen molar-refractivity contribution in [3.8, 4) is 11.1 Å². The van der Waals surface area contributed by atoms with Crippen LogP contribution in [0.5, 0.6) is 0 Å². The molecular weight excluding hydrogens is 426 g/mol. The molecule has 1 fully saturated rings. The van der Waals surface area contributed by atoms with Gasteiger partial charge in [0.2, 0.25) is 11.8 Å². The summed E-state index contributed by atoms with van der Waals surface area (Å²) in [5, 5.41) is 9.02. The predicted octanol–water partition coefficient (Wildman–Crippen LogP) is 4.07. The van der Waals surface area contributed by atoms with Crippen LogP contribution in [0.3, 0.4) is 0 Å². The van der Waals surface area contributed by atoms with Crippen LogP contribution < -0.4 is 4.90 Å². The molecule has 8 heteroatoms. The van der Waals surface area contributed by atoms with E-state index in [1.54, 1.807) is 0 Å². The molecule has 2 aliphatic rings. The smallest absolute Gasteiger partial charge is 0.225 e. The highest BCUT2D eigenvalue weighted by Gasteiger charge is 2.24. The van der Waals surface area contributed by atoms with Crippen molar-refractivity contribution in [2.75, 3.05) is 31.1 Å². The summed E-state index contributed by atoms with van der Waals surface area (Å²) in [5.41, 5.74) is 6.46. The first kappa shape index (κ1) is 20.8. The molecular formula is C26H27N7O. The van der Waals surface area contributed by atoms with Crippen molar-refractivity contribution in [3.05, 3.63) is 66.0 Å². The second kappa shape index (κ2) is 8.85. The van der Waals surface area contributed by atoms with Crippen LogP contribution in [-0.4, -0.2) is 57.1 Å². The Kier molecular flexibility index (Phi) is 5.41. The van der Waals surface area contributed by atoms with Gasteiger partial charge in [0, 0.05) is 31.0 Å². The van der Waals surface area contributed by atoms with Crippen LogP contribution in [0, 0.1) is 0 Å². The molecule has 172 valence electrons. The van der Waals surface area contributed by atoms with Crippen LogP contribution in [-0.2, 0) is 11.2 Å². The normalized spacial score (nSPS) is 16.6. The number of anilines is 1. The van der Waals surface area contributed by atoms with Gasteiger partial charge in [-0.15, -0.1) is 5.10 Å². The van der Waals surface area contributed by atoms with E-state index in [2.05, 4.69) is 84.2 Å². The summed E-state index contributed by atoms with van der Waals surface area (Å²) in [6.07, 6.45) is 6.81. The summed E-state index contributed by atoms with van der Waals surface area (Å²) >= 11 is 0. The molecule has 0 atom stereocenters. The van der Waals surface area contributed by atoms with Gasteiger partial charge >= 0.3 is 0 Å². The maximum Gasteiger partial charge on any atom is 0.225 e. The molecule has 2 aromatic heterocycles.